The van der Waals surface area contributed by atoms with E-state index in [2.05, 4.69) is 9.97 Å². The first kappa shape index (κ1) is 11.0. The lowest BCUT2D eigenvalue weighted by Crippen LogP contribution is -2.03. The molecule has 0 aliphatic carbocycles. The van der Waals surface area contributed by atoms with Gasteiger partial charge in [0.25, 0.3) is 0 Å². The number of nitrogens with zero attached hydrogens (tertiary/aromatic N) is 2. The van der Waals surface area contributed by atoms with Crippen molar-refractivity contribution in [2.24, 2.45) is 0 Å². The van der Waals surface area contributed by atoms with Crippen LogP contribution in [-0.2, 0) is 0 Å². The van der Waals surface area contributed by atoms with E-state index in [1.165, 1.54) is 24.5 Å². The number of halogens is 2. The van der Waals surface area contributed by atoms with Crippen molar-refractivity contribution in [3.8, 4) is 0 Å². The molecule has 0 amide bonds. The molecule has 2 aromatic rings. The number of aliphatic hydroxyl groups excluding tert-OH is 1. The molecule has 0 aliphatic heterocycles. The predicted molar refractivity (Wildman–Crippen MR) is 57.5 cm³/mol. The van der Waals surface area contributed by atoms with Gasteiger partial charge in [-0.05, 0) is 23.8 Å². The summed E-state index contributed by atoms with van der Waals surface area (Å²) < 4.78 is 13.4. The fraction of sp³-hybridized carbons (Fsp3) is 0.0909. The number of rotatable bonds is 2. The molecule has 0 bridgehead atoms. The van der Waals surface area contributed by atoms with Gasteiger partial charge in [-0.1, -0.05) is 11.6 Å². The van der Waals surface area contributed by atoms with Gasteiger partial charge < -0.3 is 5.11 Å². The van der Waals surface area contributed by atoms with Crippen LogP contribution in [0.15, 0.2) is 36.8 Å². The van der Waals surface area contributed by atoms with E-state index in [1.807, 2.05) is 0 Å². The molecule has 1 unspecified atom stereocenters. The molecule has 5 heteroatoms. The van der Waals surface area contributed by atoms with Gasteiger partial charge in [-0.2, -0.15) is 0 Å². The largest absolute Gasteiger partial charge is 0.384 e. The fourth-order valence-electron chi connectivity index (χ4n) is 1.37. The lowest BCUT2D eigenvalue weighted by molar-refractivity contribution is 0.214. The summed E-state index contributed by atoms with van der Waals surface area (Å²) >= 11 is 5.69. The van der Waals surface area contributed by atoms with E-state index >= 15 is 0 Å². The Balaban J connectivity index is 2.39. The summed E-state index contributed by atoms with van der Waals surface area (Å²) in [5.41, 5.74) is 0.655. The normalized spacial score (nSPS) is 12.4. The van der Waals surface area contributed by atoms with Gasteiger partial charge in [0.05, 0.1) is 6.20 Å². The number of aliphatic hydroxyl groups is 1. The highest BCUT2D eigenvalue weighted by Gasteiger charge is 2.15. The van der Waals surface area contributed by atoms with Crippen LogP contribution in [0.5, 0.6) is 0 Å². The summed E-state index contributed by atoms with van der Waals surface area (Å²) in [5, 5.41) is 10.2. The van der Waals surface area contributed by atoms with Crippen molar-refractivity contribution in [1.82, 2.24) is 9.97 Å². The summed E-state index contributed by atoms with van der Waals surface area (Å²) in [6.45, 7) is 0. The van der Waals surface area contributed by atoms with Crippen molar-refractivity contribution in [2.75, 3.05) is 0 Å². The lowest BCUT2D eigenvalue weighted by Gasteiger charge is -2.11. The van der Waals surface area contributed by atoms with Crippen LogP contribution in [0.1, 0.15) is 17.2 Å². The van der Waals surface area contributed by atoms with Crippen LogP contribution in [0.2, 0.25) is 5.15 Å². The Morgan fingerprint density at radius 1 is 1.31 bits per heavy atom. The Kier molecular flexibility index (Phi) is 3.12. The van der Waals surface area contributed by atoms with Crippen molar-refractivity contribution in [3.63, 3.8) is 0 Å². The molecule has 3 nitrogen and oxygen atoms in total. The second kappa shape index (κ2) is 4.55. The van der Waals surface area contributed by atoms with Crippen molar-refractivity contribution >= 4 is 11.6 Å². The van der Waals surface area contributed by atoms with Gasteiger partial charge in [-0.15, -0.1) is 0 Å². The minimum atomic E-state index is -1.07. The Morgan fingerprint density at radius 2 is 2.12 bits per heavy atom. The fourth-order valence-corrected chi connectivity index (χ4v) is 1.56. The van der Waals surface area contributed by atoms with E-state index in [0.29, 0.717) is 5.56 Å². The van der Waals surface area contributed by atoms with E-state index in [4.69, 9.17) is 11.6 Å². The third-order valence-corrected chi connectivity index (χ3v) is 2.37. The molecular formula is C11H8ClFN2O. The van der Waals surface area contributed by atoms with Crippen molar-refractivity contribution < 1.29 is 9.50 Å². The molecule has 2 aromatic heterocycles. The van der Waals surface area contributed by atoms with Crippen LogP contribution in [0.25, 0.3) is 0 Å². The molecule has 0 radical (unpaired) electrons. The lowest BCUT2D eigenvalue weighted by atomic mass is 10.0. The first-order valence-electron chi connectivity index (χ1n) is 4.57. The highest BCUT2D eigenvalue weighted by Crippen LogP contribution is 2.24. The maximum atomic E-state index is 13.4. The molecule has 2 rings (SSSR count). The van der Waals surface area contributed by atoms with Crippen molar-refractivity contribution in [2.45, 2.75) is 6.10 Å². The summed E-state index contributed by atoms with van der Waals surface area (Å²) in [4.78, 5) is 7.40. The van der Waals surface area contributed by atoms with E-state index in [1.54, 1.807) is 6.07 Å². The smallest absolute Gasteiger partial charge is 0.147 e. The van der Waals surface area contributed by atoms with Gasteiger partial charge in [-0.3, -0.25) is 4.98 Å². The van der Waals surface area contributed by atoms with E-state index in [-0.39, 0.29) is 10.7 Å². The second-order valence-corrected chi connectivity index (χ2v) is 3.60. The number of pyridine rings is 2. The molecule has 0 aliphatic rings. The Labute approximate surface area is 96.6 Å². The predicted octanol–water partition coefficient (Wildman–Crippen LogP) is 2.35. The summed E-state index contributed by atoms with van der Waals surface area (Å²) in [7, 11) is 0. The quantitative estimate of drug-likeness (QED) is 0.817. The Morgan fingerprint density at radius 3 is 2.81 bits per heavy atom. The van der Waals surface area contributed by atoms with Crippen LogP contribution >= 0.6 is 11.6 Å². The monoisotopic (exact) mass is 238 g/mol. The third kappa shape index (κ3) is 2.18. The van der Waals surface area contributed by atoms with Crippen LogP contribution < -0.4 is 0 Å². The van der Waals surface area contributed by atoms with Gasteiger partial charge in [0.1, 0.15) is 17.1 Å². The van der Waals surface area contributed by atoms with Gasteiger partial charge in [0.2, 0.25) is 0 Å². The Hall–Kier alpha value is -1.52. The van der Waals surface area contributed by atoms with Crippen LogP contribution in [0, 0.1) is 5.82 Å². The molecule has 1 atom stereocenters. The number of hydrogen-bond acceptors (Lipinski definition) is 3. The van der Waals surface area contributed by atoms with Crippen LogP contribution in [-0.4, -0.2) is 15.1 Å². The highest BCUT2D eigenvalue weighted by molar-refractivity contribution is 6.29. The molecule has 0 fully saturated rings. The van der Waals surface area contributed by atoms with Gasteiger partial charge >= 0.3 is 0 Å². The standard InChI is InChI=1S/C11H8ClFN2O/c12-10-5-7(1-4-15-10)11(16)8-2-3-14-6-9(8)13/h1-6,11,16H. The minimum Gasteiger partial charge on any atom is -0.384 e. The van der Waals surface area contributed by atoms with Gasteiger partial charge in [-0.25, -0.2) is 9.37 Å². The molecular weight excluding hydrogens is 231 g/mol. The first-order chi connectivity index (χ1) is 7.68. The van der Waals surface area contributed by atoms with Crippen molar-refractivity contribution in [1.29, 1.82) is 0 Å². The zero-order valence-electron chi connectivity index (χ0n) is 8.14. The van der Waals surface area contributed by atoms with E-state index < -0.39 is 11.9 Å². The summed E-state index contributed by atoms with van der Waals surface area (Å²) in [6.07, 6.45) is 2.87. The minimum absolute atomic E-state index is 0.164. The summed E-state index contributed by atoms with van der Waals surface area (Å²) in [5.74, 6) is -0.553. The molecule has 0 saturated carbocycles. The molecule has 0 aromatic carbocycles. The summed E-state index contributed by atoms with van der Waals surface area (Å²) in [6, 6.07) is 4.50. The maximum absolute atomic E-state index is 13.4. The average molecular weight is 239 g/mol. The SMILES string of the molecule is OC(c1ccnc(Cl)c1)c1ccncc1F. The number of aromatic nitrogens is 2. The van der Waals surface area contributed by atoms with Gasteiger partial charge in [0.15, 0.2) is 0 Å². The average Bonchev–Trinajstić information content (AvgIpc) is 2.29. The van der Waals surface area contributed by atoms with Crippen LogP contribution in [0.3, 0.4) is 0 Å². The third-order valence-electron chi connectivity index (χ3n) is 2.16. The van der Waals surface area contributed by atoms with E-state index in [0.717, 1.165) is 6.20 Å². The topological polar surface area (TPSA) is 46.0 Å². The maximum Gasteiger partial charge on any atom is 0.147 e. The second-order valence-electron chi connectivity index (χ2n) is 3.21. The Bertz CT molecular complexity index is 507. The zero-order chi connectivity index (χ0) is 11.5. The van der Waals surface area contributed by atoms with Crippen molar-refractivity contribution in [3.05, 3.63) is 58.9 Å². The van der Waals surface area contributed by atoms with Crippen LogP contribution in [0.4, 0.5) is 4.39 Å². The first-order valence-corrected chi connectivity index (χ1v) is 4.95. The van der Waals surface area contributed by atoms with E-state index in [9.17, 15) is 9.50 Å². The number of hydrogen-bond donors (Lipinski definition) is 1. The zero-order valence-corrected chi connectivity index (χ0v) is 8.89. The molecule has 1 N–H and O–H groups in total. The molecule has 82 valence electrons. The molecule has 0 saturated heterocycles. The highest BCUT2D eigenvalue weighted by atomic mass is 35.5. The molecule has 0 spiro atoms. The molecule has 2 heterocycles. The van der Waals surface area contributed by atoms with Gasteiger partial charge in [0, 0.05) is 18.0 Å². The molecule has 16 heavy (non-hydrogen) atoms.